The summed E-state index contributed by atoms with van der Waals surface area (Å²) in [6.45, 7) is 3.68. The summed E-state index contributed by atoms with van der Waals surface area (Å²) in [7, 11) is 3.92. The van der Waals surface area contributed by atoms with E-state index in [1.807, 2.05) is 63.2 Å². The molecule has 5 nitrogen and oxygen atoms in total. The van der Waals surface area contributed by atoms with Crippen LogP contribution in [0.5, 0.6) is 5.75 Å². The molecule has 0 saturated carbocycles. The summed E-state index contributed by atoms with van der Waals surface area (Å²) >= 11 is 0. The van der Waals surface area contributed by atoms with Gasteiger partial charge in [-0.1, -0.05) is 6.07 Å². The first-order valence-electron chi connectivity index (χ1n) is 6.44. The lowest BCUT2D eigenvalue weighted by atomic mass is 10.3. The Labute approximate surface area is 118 Å². The van der Waals surface area contributed by atoms with Gasteiger partial charge >= 0.3 is 0 Å². The van der Waals surface area contributed by atoms with Crippen molar-refractivity contribution in [3.8, 4) is 5.75 Å². The quantitative estimate of drug-likeness (QED) is 0.857. The molecule has 1 aromatic carbocycles. The van der Waals surface area contributed by atoms with Gasteiger partial charge in [0.2, 0.25) is 0 Å². The van der Waals surface area contributed by atoms with Crippen LogP contribution in [0.2, 0.25) is 0 Å². The second-order valence-corrected chi connectivity index (χ2v) is 4.91. The van der Waals surface area contributed by atoms with Gasteiger partial charge < -0.3 is 9.64 Å². The average molecular weight is 273 g/mol. The number of hydrogen-bond acceptors (Lipinski definition) is 4. The molecule has 0 N–H and O–H groups in total. The van der Waals surface area contributed by atoms with Crippen LogP contribution in [0.15, 0.2) is 30.3 Å². The van der Waals surface area contributed by atoms with E-state index in [1.54, 1.807) is 0 Å². The third-order valence-corrected chi connectivity index (χ3v) is 2.94. The molecule has 0 aliphatic rings. The zero-order chi connectivity index (χ0) is 14.7. The van der Waals surface area contributed by atoms with Gasteiger partial charge in [-0.3, -0.25) is 4.79 Å². The summed E-state index contributed by atoms with van der Waals surface area (Å²) in [5.41, 5.74) is 2.67. The topological polar surface area (TPSA) is 47.4 Å². The van der Waals surface area contributed by atoms with Crippen molar-refractivity contribution in [3.05, 3.63) is 41.7 Å². The van der Waals surface area contributed by atoms with Gasteiger partial charge in [0, 0.05) is 31.5 Å². The Morgan fingerprint density at radius 3 is 2.65 bits per heavy atom. The number of ether oxygens (including phenoxy) is 1. The Kier molecular flexibility index (Phi) is 4.08. The Morgan fingerprint density at radius 1 is 1.30 bits per heavy atom. The number of aromatic nitrogens is 2. The summed E-state index contributed by atoms with van der Waals surface area (Å²) < 4.78 is 6.92. The number of anilines is 1. The maximum atomic E-state index is 12.0. The molecule has 0 radical (unpaired) electrons. The zero-order valence-corrected chi connectivity index (χ0v) is 12.3. The Morgan fingerprint density at radius 2 is 2.05 bits per heavy atom. The summed E-state index contributed by atoms with van der Waals surface area (Å²) in [5.74, 6) is 0.497. The predicted molar refractivity (Wildman–Crippen MR) is 78.6 cm³/mol. The first-order valence-corrected chi connectivity index (χ1v) is 6.44. The molecule has 0 fully saturated rings. The molecule has 0 amide bonds. The molecule has 5 heteroatoms. The van der Waals surface area contributed by atoms with Crippen LogP contribution in [-0.4, -0.2) is 36.4 Å². The van der Waals surface area contributed by atoms with E-state index in [0.29, 0.717) is 5.75 Å². The SMILES string of the molecule is Cc1cc(C)n(C(=O)COc2cccc(N(C)C)c2)n1. The molecular formula is C15H19N3O2. The minimum Gasteiger partial charge on any atom is -0.484 e. The van der Waals surface area contributed by atoms with E-state index in [2.05, 4.69) is 5.10 Å². The molecule has 2 aromatic rings. The Bertz CT molecular complexity index is 617. The second-order valence-electron chi connectivity index (χ2n) is 4.91. The maximum absolute atomic E-state index is 12.0. The minimum atomic E-state index is -0.175. The van der Waals surface area contributed by atoms with Crippen molar-refractivity contribution >= 4 is 11.6 Å². The van der Waals surface area contributed by atoms with Crippen LogP contribution in [0, 0.1) is 13.8 Å². The van der Waals surface area contributed by atoms with Crippen LogP contribution in [0.3, 0.4) is 0 Å². The van der Waals surface area contributed by atoms with E-state index in [4.69, 9.17) is 4.74 Å². The molecule has 20 heavy (non-hydrogen) atoms. The molecule has 0 aliphatic heterocycles. The highest BCUT2D eigenvalue weighted by atomic mass is 16.5. The molecule has 0 spiro atoms. The van der Waals surface area contributed by atoms with E-state index in [9.17, 15) is 4.79 Å². The molecule has 0 bridgehead atoms. The lowest BCUT2D eigenvalue weighted by Gasteiger charge is -2.14. The number of rotatable bonds is 4. The van der Waals surface area contributed by atoms with Crippen LogP contribution < -0.4 is 9.64 Å². The zero-order valence-electron chi connectivity index (χ0n) is 12.3. The third kappa shape index (κ3) is 3.17. The highest BCUT2D eigenvalue weighted by Gasteiger charge is 2.11. The largest absolute Gasteiger partial charge is 0.484 e. The number of hydrogen-bond donors (Lipinski definition) is 0. The monoisotopic (exact) mass is 273 g/mol. The van der Waals surface area contributed by atoms with Crippen molar-refractivity contribution < 1.29 is 9.53 Å². The number of carbonyl (C=O) groups excluding carboxylic acids is 1. The van der Waals surface area contributed by atoms with Crippen molar-refractivity contribution in [1.29, 1.82) is 0 Å². The van der Waals surface area contributed by atoms with Crippen molar-refractivity contribution in [2.24, 2.45) is 0 Å². The van der Waals surface area contributed by atoms with Crippen LogP contribution in [0.1, 0.15) is 16.2 Å². The summed E-state index contributed by atoms with van der Waals surface area (Å²) in [6.07, 6.45) is 0. The minimum absolute atomic E-state index is 0.0289. The Balaban J connectivity index is 2.03. The standard InChI is InChI=1S/C15H19N3O2/c1-11-8-12(2)18(16-11)15(19)10-20-14-7-5-6-13(9-14)17(3)4/h5-9H,10H2,1-4H3. The lowest BCUT2D eigenvalue weighted by Crippen LogP contribution is -2.21. The van der Waals surface area contributed by atoms with Gasteiger partial charge in [-0.2, -0.15) is 5.10 Å². The average Bonchev–Trinajstić information content (AvgIpc) is 2.75. The van der Waals surface area contributed by atoms with Gasteiger partial charge in [0.15, 0.2) is 6.61 Å². The highest BCUT2D eigenvalue weighted by Crippen LogP contribution is 2.19. The Hall–Kier alpha value is -2.30. The molecule has 0 saturated heterocycles. The van der Waals surface area contributed by atoms with E-state index in [1.165, 1.54) is 4.68 Å². The van der Waals surface area contributed by atoms with Crippen molar-refractivity contribution in [3.63, 3.8) is 0 Å². The molecule has 1 heterocycles. The smallest absolute Gasteiger partial charge is 0.284 e. The molecule has 0 aliphatic carbocycles. The fourth-order valence-electron chi connectivity index (χ4n) is 1.94. The van der Waals surface area contributed by atoms with Crippen molar-refractivity contribution in [2.75, 3.05) is 25.6 Å². The summed E-state index contributed by atoms with van der Waals surface area (Å²) in [4.78, 5) is 14.0. The van der Waals surface area contributed by atoms with Crippen LogP contribution >= 0.6 is 0 Å². The van der Waals surface area contributed by atoms with Gasteiger partial charge in [0.25, 0.3) is 5.91 Å². The van der Waals surface area contributed by atoms with Crippen molar-refractivity contribution in [1.82, 2.24) is 9.78 Å². The van der Waals surface area contributed by atoms with E-state index in [-0.39, 0.29) is 12.5 Å². The number of benzene rings is 1. The summed E-state index contributed by atoms with van der Waals surface area (Å²) in [6, 6.07) is 9.48. The van der Waals surface area contributed by atoms with Crippen LogP contribution in [-0.2, 0) is 0 Å². The third-order valence-electron chi connectivity index (χ3n) is 2.94. The maximum Gasteiger partial charge on any atom is 0.284 e. The predicted octanol–water partition coefficient (Wildman–Crippen LogP) is 2.29. The summed E-state index contributed by atoms with van der Waals surface area (Å²) in [5, 5.41) is 4.15. The molecule has 106 valence electrons. The number of nitrogens with zero attached hydrogens (tertiary/aromatic N) is 3. The van der Waals surface area contributed by atoms with Gasteiger partial charge in [0.05, 0.1) is 5.69 Å². The molecule has 0 atom stereocenters. The van der Waals surface area contributed by atoms with Gasteiger partial charge in [-0.15, -0.1) is 0 Å². The van der Waals surface area contributed by atoms with Crippen LogP contribution in [0.25, 0.3) is 0 Å². The lowest BCUT2D eigenvalue weighted by molar-refractivity contribution is 0.0818. The molecular weight excluding hydrogens is 254 g/mol. The second kappa shape index (κ2) is 5.77. The fraction of sp³-hybridized carbons (Fsp3) is 0.333. The molecule has 1 aromatic heterocycles. The highest BCUT2D eigenvalue weighted by molar-refractivity contribution is 5.80. The van der Waals surface area contributed by atoms with Gasteiger partial charge in [0.1, 0.15) is 5.75 Å². The van der Waals surface area contributed by atoms with Crippen molar-refractivity contribution in [2.45, 2.75) is 13.8 Å². The fourth-order valence-corrected chi connectivity index (χ4v) is 1.94. The van der Waals surface area contributed by atoms with E-state index in [0.717, 1.165) is 17.1 Å². The van der Waals surface area contributed by atoms with E-state index >= 15 is 0 Å². The van der Waals surface area contributed by atoms with E-state index < -0.39 is 0 Å². The first kappa shape index (κ1) is 14.1. The number of carbonyl (C=O) groups is 1. The first-order chi connectivity index (χ1) is 9.47. The molecule has 2 rings (SSSR count). The normalized spacial score (nSPS) is 10.4. The number of aryl methyl sites for hydroxylation is 2. The molecule has 0 unspecified atom stereocenters. The van der Waals surface area contributed by atoms with Crippen LogP contribution in [0.4, 0.5) is 5.69 Å². The van der Waals surface area contributed by atoms with Gasteiger partial charge in [-0.25, -0.2) is 4.68 Å². The van der Waals surface area contributed by atoms with Gasteiger partial charge in [-0.05, 0) is 32.0 Å².